The highest BCUT2D eigenvalue weighted by Crippen LogP contribution is 2.28. The normalized spacial score (nSPS) is 20.9. The average Bonchev–Trinajstić information content (AvgIpc) is 3.09. The van der Waals surface area contributed by atoms with E-state index < -0.39 is 0 Å². The van der Waals surface area contributed by atoms with Crippen LogP contribution in [0.1, 0.15) is 18.1 Å². The number of rotatable bonds is 6. The van der Waals surface area contributed by atoms with Crippen LogP contribution in [-0.2, 0) is 9.47 Å². The van der Waals surface area contributed by atoms with E-state index in [0.29, 0.717) is 12.7 Å². The van der Waals surface area contributed by atoms with Crippen molar-refractivity contribution in [2.45, 2.75) is 18.6 Å². The summed E-state index contributed by atoms with van der Waals surface area (Å²) in [5.41, 5.74) is 1.22. The fourth-order valence-electron chi connectivity index (χ4n) is 1.60. The third-order valence-electron chi connectivity index (χ3n) is 2.47. The van der Waals surface area contributed by atoms with Crippen LogP contribution in [0.3, 0.4) is 0 Å². The second kappa shape index (κ2) is 5.10. The number of hydrogen-bond donors (Lipinski definition) is 0. The molecule has 0 amide bonds. The van der Waals surface area contributed by atoms with Crippen molar-refractivity contribution in [1.29, 1.82) is 0 Å². The Balaban J connectivity index is 1.99. The lowest BCUT2D eigenvalue weighted by Crippen LogP contribution is -2.07. The van der Waals surface area contributed by atoms with Gasteiger partial charge in [0, 0.05) is 6.42 Å². The molecule has 1 fully saturated rings. The molecule has 0 bridgehead atoms. The summed E-state index contributed by atoms with van der Waals surface area (Å²) in [6.45, 7) is 5.13. The summed E-state index contributed by atoms with van der Waals surface area (Å²) >= 11 is 0. The fraction of sp³-hybridized carbons (Fsp3) is 0.385. The summed E-state index contributed by atoms with van der Waals surface area (Å²) in [5.74, 6) is 0. The standard InChI is InChI=1S/C13H16O2/c1-2-8-14-13(9-12-10-15-12)11-6-4-3-5-7-11/h2-7,12-13H,1,8-10H2. The van der Waals surface area contributed by atoms with Crippen molar-refractivity contribution >= 4 is 0 Å². The Morgan fingerprint density at radius 2 is 2.20 bits per heavy atom. The maximum Gasteiger partial charge on any atom is 0.0854 e. The molecular formula is C13H16O2. The SMILES string of the molecule is C=CCOC(CC1CO1)c1ccccc1. The molecule has 0 spiro atoms. The van der Waals surface area contributed by atoms with Crippen LogP contribution in [0, 0.1) is 0 Å². The second-order valence-electron chi connectivity index (χ2n) is 3.71. The largest absolute Gasteiger partial charge is 0.373 e. The lowest BCUT2D eigenvalue weighted by Gasteiger charge is -2.16. The van der Waals surface area contributed by atoms with Crippen molar-refractivity contribution in [3.8, 4) is 0 Å². The zero-order valence-electron chi connectivity index (χ0n) is 8.76. The molecular weight excluding hydrogens is 188 g/mol. The van der Waals surface area contributed by atoms with Gasteiger partial charge in [-0.05, 0) is 5.56 Å². The van der Waals surface area contributed by atoms with Gasteiger partial charge in [-0.2, -0.15) is 0 Å². The molecule has 2 nitrogen and oxygen atoms in total. The molecule has 2 heteroatoms. The number of epoxide rings is 1. The molecule has 0 saturated carbocycles. The predicted molar refractivity (Wildman–Crippen MR) is 59.7 cm³/mol. The predicted octanol–water partition coefficient (Wildman–Crippen LogP) is 2.72. The topological polar surface area (TPSA) is 21.8 Å². The van der Waals surface area contributed by atoms with Gasteiger partial charge in [-0.3, -0.25) is 0 Å². The van der Waals surface area contributed by atoms with Crippen molar-refractivity contribution in [3.05, 3.63) is 48.6 Å². The van der Waals surface area contributed by atoms with Gasteiger partial charge in [-0.15, -0.1) is 6.58 Å². The Hall–Kier alpha value is -1.12. The minimum Gasteiger partial charge on any atom is -0.373 e. The molecule has 1 heterocycles. The quantitative estimate of drug-likeness (QED) is 0.525. The lowest BCUT2D eigenvalue weighted by atomic mass is 10.1. The number of benzene rings is 1. The van der Waals surface area contributed by atoms with Crippen LogP contribution < -0.4 is 0 Å². The van der Waals surface area contributed by atoms with Gasteiger partial charge < -0.3 is 9.47 Å². The molecule has 0 N–H and O–H groups in total. The van der Waals surface area contributed by atoms with Gasteiger partial charge in [0.25, 0.3) is 0 Å². The fourth-order valence-corrected chi connectivity index (χ4v) is 1.60. The first kappa shape index (κ1) is 10.4. The van der Waals surface area contributed by atoms with E-state index in [0.717, 1.165) is 13.0 Å². The zero-order chi connectivity index (χ0) is 10.5. The van der Waals surface area contributed by atoms with E-state index in [-0.39, 0.29) is 6.10 Å². The van der Waals surface area contributed by atoms with E-state index >= 15 is 0 Å². The molecule has 0 aliphatic carbocycles. The molecule has 80 valence electrons. The average molecular weight is 204 g/mol. The molecule has 2 rings (SSSR count). The zero-order valence-corrected chi connectivity index (χ0v) is 8.76. The maximum absolute atomic E-state index is 5.73. The van der Waals surface area contributed by atoms with Gasteiger partial charge in [0.1, 0.15) is 0 Å². The van der Waals surface area contributed by atoms with Crippen LogP contribution in [0.2, 0.25) is 0 Å². The van der Waals surface area contributed by atoms with Crippen LogP contribution in [0.15, 0.2) is 43.0 Å². The van der Waals surface area contributed by atoms with Gasteiger partial charge in [0.05, 0.1) is 25.4 Å². The molecule has 2 atom stereocenters. The first-order chi connectivity index (χ1) is 7.40. The van der Waals surface area contributed by atoms with Crippen molar-refractivity contribution in [2.75, 3.05) is 13.2 Å². The Kier molecular flexibility index (Phi) is 3.54. The van der Waals surface area contributed by atoms with E-state index in [1.165, 1.54) is 5.56 Å². The molecule has 1 aliphatic rings. The van der Waals surface area contributed by atoms with E-state index in [1.54, 1.807) is 6.08 Å². The van der Waals surface area contributed by atoms with Gasteiger partial charge in [0.15, 0.2) is 0 Å². The molecule has 1 aromatic rings. The molecule has 2 unspecified atom stereocenters. The van der Waals surface area contributed by atoms with Crippen molar-refractivity contribution in [3.63, 3.8) is 0 Å². The summed E-state index contributed by atoms with van der Waals surface area (Å²) < 4.78 is 11.0. The van der Waals surface area contributed by atoms with Crippen LogP contribution >= 0.6 is 0 Å². The second-order valence-corrected chi connectivity index (χ2v) is 3.71. The molecule has 1 aliphatic heterocycles. The summed E-state index contributed by atoms with van der Waals surface area (Å²) in [5, 5.41) is 0. The van der Waals surface area contributed by atoms with E-state index in [9.17, 15) is 0 Å². The minimum atomic E-state index is 0.136. The van der Waals surface area contributed by atoms with Crippen LogP contribution in [0.5, 0.6) is 0 Å². The number of hydrogen-bond acceptors (Lipinski definition) is 2. The van der Waals surface area contributed by atoms with Crippen molar-refractivity contribution in [2.24, 2.45) is 0 Å². The minimum absolute atomic E-state index is 0.136. The smallest absolute Gasteiger partial charge is 0.0854 e. The first-order valence-corrected chi connectivity index (χ1v) is 5.29. The Morgan fingerprint density at radius 3 is 2.80 bits per heavy atom. The summed E-state index contributed by atoms with van der Waals surface area (Å²) in [6, 6.07) is 10.3. The summed E-state index contributed by atoms with van der Waals surface area (Å²) in [6.07, 6.45) is 3.25. The number of ether oxygens (including phenoxy) is 2. The van der Waals surface area contributed by atoms with E-state index in [2.05, 4.69) is 18.7 Å². The van der Waals surface area contributed by atoms with Crippen molar-refractivity contribution in [1.82, 2.24) is 0 Å². The van der Waals surface area contributed by atoms with Gasteiger partial charge >= 0.3 is 0 Å². The summed E-state index contributed by atoms with van der Waals surface area (Å²) in [7, 11) is 0. The highest BCUT2D eigenvalue weighted by molar-refractivity contribution is 5.18. The van der Waals surface area contributed by atoms with Gasteiger partial charge in [-0.1, -0.05) is 36.4 Å². The Morgan fingerprint density at radius 1 is 1.47 bits per heavy atom. The highest BCUT2D eigenvalue weighted by Gasteiger charge is 2.27. The molecule has 1 aromatic carbocycles. The van der Waals surface area contributed by atoms with Gasteiger partial charge in [-0.25, -0.2) is 0 Å². The highest BCUT2D eigenvalue weighted by atomic mass is 16.6. The van der Waals surface area contributed by atoms with E-state index in [1.807, 2.05) is 18.2 Å². The summed E-state index contributed by atoms with van der Waals surface area (Å²) in [4.78, 5) is 0. The van der Waals surface area contributed by atoms with Crippen LogP contribution in [0.25, 0.3) is 0 Å². The van der Waals surface area contributed by atoms with Crippen LogP contribution in [-0.4, -0.2) is 19.3 Å². The Labute approximate surface area is 90.5 Å². The van der Waals surface area contributed by atoms with Crippen molar-refractivity contribution < 1.29 is 9.47 Å². The molecule has 1 saturated heterocycles. The first-order valence-electron chi connectivity index (χ1n) is 5.29. The maximum atomic E-state index is 5.73. The van der Waals surface area contributed by atoms with Gasteiger partial charge in [0.2, 0.25) is 0 Å². The third kappa shape index (κ3) is 3.18. The van der Waals surface area contributed by atoms with E-state index in [4.69, 9.17) is 9.47 Å². The Bertz CT molecular complexity index is 304. The third-order valence-corrected chi connectivity index (χ3v) is 2.47. The molecule has 0 aromatic heterocycles. The van der Waals surface area contributed by atoms with Crippen LogP contribution in [0.4, 0.5) is 0 Å². The molecule has 15 heavy (non-hydrogen) atoms. The monoisotopic (exact) mass is 204 g/mol. The lowest BCUT2D eigenvalue weighted by molar-refractivity contribution is 0.0613. The molecule has 0 radical (unpaired) electrons.